The topological polar surface area (TPSA) is 93.4 Å². The highest BCUT2D eigenvalue weighted by molar-refractivity contribution is 7.89. The molecule has 0 radical (unpaired) electrons. The highest BCUT2D eigenvalue weighted by Crippen LogP contribution is 2.20. The van der Waals surface area contributed by atoms with Crippen molar-refractivity contribution in [2.45, 2.75) is 0 Å². The molecule has 0 fully saturated rings. The van der Waals surface area contributed by atoms with Gasteiger partial charge in [0.2, 0.25) is 10.0 Å². The molecule has 0 bridgehead atoms. The van der Waals surface area contributed by atoms with Crippen LogP contribution < -0.4 is 4.72 Å². The number of carbonyl (C=O) groups excluding carboxylic acids is 1. The number of aromatic nitrogens is 3. The van der Waals surface area contributed by atoms with Gasteiger partial charge in [0.25, 0.3) is 5.91 Å². The molecule has 1 amide bonds. The molecule has 0 aliphatic carbocycles. The summed E-state index contributed by atoms with van der Waals surface area (Å²) in [7, 11) is -3.64. The van der Waals surface area contributed by atoms with E-state index in [4.69, 9.17) is 0 Å². The second-order valence-electron chi connectivity index (χ2n) is 4.69. The van der Waals surface area contributed by atoms with Crippen LogP contribution in [0.25, 0.3) is 16.9 Å². The number of hydrogen-bond acceptors (Lipinski definition) is 5. The number of nitrogens with one attached hydrogen (secondary N) is 1. The molecule has 0 aliphatic rings. The van der Waals surface area contributed by atoms with Gasteiger partial charge in [-0.2, -0.15) is 5.10 Å². The zero-order chi connectivity index (χ0) is 15.7. The number of carbonyl (C=O) groups is 1. The molecule has 1 N–H and O–H groups in total. The zero-order valence-corrected chi connectivity index (χ0v) is 12.4. The largest absolute Gasteiger partial charge is 0.270 e. The minimum absolute atomic E-state index is 0.100. The van der Waals surface area contributed by atoms with Gasteiger partial charge in [-0.25, -0.2) is 22.6 Å². The fraction of sp³-hybridized carbons (Fsp3) is 0.0714. The van der Waals surface area contributed by atoms with Crippen molar-refractivity contribution in [3.63, 3.8) is 0 Å². The minimum atomic E-state index is -3.64. The average molecular weight is 316 g/mol. The van der Waals surface area contributed by atoms with Crippen molar-refractivity contribution in [2.75, 3.05) is 6.26 Å². The van der Waals surface area contributed by atoms with Gasteiger partial charge in [0, 0.05) is 11.8 Å². The van der Waals surface area contributed by atoms with E-state index in [1.165, 1.54) is 10.7 Å². The average Bonchev–Trinajstić information content (AvgIpc) is 2.90. The molecule has 8 heteroatoms. The molecule has 0 saturated carbocycles. The van der Waals surface area contributed by atoms with Gasteiger partial charge in [-0.05, 0) is 6.07 Å². The fourth-order valence-corrected chi connectivity index (χ4v) is 2.55. The molecule has 3 rings (SSSR count). The van der Waals surface area contributed by atoms with Crippen LogP contribution in [0.15, 0.2) is 48.8 Å². The molecule has 2 aromatic heterocycles. The number of rotatable bonds is 3. The molecule has 0 aliphatic heterocycles. The van der Waals surface area contributed by atoms with Crippen LogP contribution in [-0.4, -0.2) is 35.2 Å². The summed E-state index contributed by atoms with van der Waals surface area (Å²) < 4.78 is 25.8. The van der Waals surface area contributed by atoms with E-state index in [1.807, 2.05) is 35.1 Å². The van der Waals surface area contributed by atoms with E-state index in [2.05, 4.69) is 10.1 Å². The van der Waals surface area contributed by atoms with E-state index in [0.29, 0.717) is 5.65 Å². The summed E-state index contributed by atoms with van der Waals surface area (Å²) in [5.41, 5.74) is 2.06. The monoisotopic (exact) mass is 316 g/mol. The molecule has 0 spiro atoms. The van der Waals surface area contributed by atoms with Gasteiger partial charge in [0.05, 0.1) is 18.1 Å². The van der Waals surface area contributed by atoms with Gasteiger partial charge in [0.15, 0.2) is 5.65 Å². The Morgan fingerprint density at radius 2 is 1.91 bits per heavy atom. The van der Waals surface area contributed by atoms with Crippen molar-refractivity contribution in [3.8, 4) is 11.3 Å². The van der Waals surface area contributed by atoms with Crippen molar-refractivity contribution in [3.05, 3.63) is 54.4 Å². The molecule has 0 atom stereocenters. The Hall–Kier alpha value is -2.74. The van der Waals surface area contributed by atoms with Gasteiger partial charge in [-0.3, -0.25) is 4.79 Å². The van der Waals surface area contributed by atoms with E-state index < -0.39 is 15.9 Å². The lowest BCUT2D eigenvalue weighted by Gasteiger charge is -2.05. The van der Waals surface area contributed by atoms with E-state index in [9.17, 15) is 13.2 Å². The molecule has 2 heterocycles. The van der Waals surface area contributed by atoms with Gasteiger partial charge >= 0.3 is 0 Å². The van der Waals surface area contributed by atoms with Gasteiger partial charge < -0.3 is 0 Å². The van der Waals surface area contributed by atoms with Crippen LogP contribution in [0.3, 0.4) is 0 Å². The van der Waals surface area contributed by atoms with Crippen molar-refractivity contribution in [1.29, 1.82) is 0 Å². The quantitative estimate of drug-likeness (QED) is 0.780. The fourth-order valence-electron chi connectivity index (χ4n) is 2.10. The highest BCUT2D eigenvalue weighted by atomic mass is 32.2. The molecular formula is C14H12N4O3S. The first-order chi connectivity index (χ1) is 10.5. The van der Waals surface area contributed by atoms with Gasteiger partial charge in [0.1, 0.15) is 5.56 Å². The summed E-state index contributed by atoms with van der Waals surface area (Å²) in [4.78, 5) is 16.1. The number of amides is 1. The number of fused-ring (bicyclic) bond motifs is 1. The first-order valence-corrected chi connectivity index (χ1v) is 8.25. The number of benzene rings is 1. The molecule has 0 unspecified atom stereocenters. The maximum Gasteiger partial charge on any atom is 0.270 e. The van der Waals surface area contributed by atoms with Crippen LogP contribution in [0, 0.1) is 0 Å². The second kappa shape index (κ2) is 5.23. The lowest BCUT2D eigenvalue weighted by atomic mass is 10.1. The van der Waals surface area contributed by atoms with E-state index in [0.717, 1.165) is 17.5 Å². The maximum atomic E-state index is 12.0. The van der Waals surface area contributed by atoms with Crippen LogP contribution in [0.1, 0.15) is 10.4 Å². The molecule has 3 aromatic rings. The predicted octanol–water partition coefficient (Wildman–Crippen LogP) is 1.09. The summed E-state index contributed by atoms with van der Waals surface area (Å²) in [6.07, 6.45) is 3.77. The second-order valence-corrected chi connectivity index (χ2v) is 6.44. The van der Waals surface area contributed by atoms with Crippen LogP contribution in [-0.2, 0) is 10.0 Å². The summed E-state index contributed by atoms with van der Waals surface area (Å²) >= 11 is 0. The highest BCUT2D eigenvalue weighted by Gasteiger charge is 2.18. The van der Waals surface area contributed by atoms with Gasteiger partial charge in [-0.15, -0.1) is 0 Å². The van der Waals surface area contributed by atoms with E-state index >= 15 is 0 Å². The third-order valence-electron chi connectivity index (χ3n) is 2.99. The van der Waals surface area contributed by atoms with Gasteiger partial charge in [-0.1, -0.05) is 30.3 Å². The third kappa shape index (κ3) is 2.68. The smallest absolute Gasteiger partial charge is 0.268 e. The zero-order valence-electron chi connectivity index (χ0n) is 11.6. The maximum absolute atomic E-state index is 12.0. The SMILES string of the molecule is CS(=O)(=O)NC(=O)c1cnn2c(-c3ccccc3)ccnc12. The van der Waals surface area contributed by atoms with Crippen molar-refractivity contribution in [2.24, 2.45) is 0 Å². The number of nitrogens with zero attached hydrogens (tertiary/aromatic N) is 3. The molecule has 22 heavy (non-hydrogen) atoms. The summed E-state index contributed by atoms with van der Waals surface area (Å²) in [6, 6.07) is 11.3. The predicted molar refractivity (Wildman–Crippen MR) is 80.7 cm³/mol. The lowest BCUT2D eigenvalue weighted by Crippen LogP contribution is -2.29. The normalized spacial score (nSPS) is 11.5. The number of sulfonamides is 1. The Bertz CT molecular complexity index is 949. The first-order valence-electron chi connectivity index (χ1n) is 6.36. The Kier molecular flexibility index (Phi) is 3.38. The Balaban J connectivity index is 2.12. The Morgan fingerprint density at radius 3 is 2.59 bits per heavy atom. The standard InChI is InChI=1S/C14H12N4O3S/c1-22(20,21)17-14(19)11-9-16-18-12(7-8-15-13(11)18)10-5-3-2-4-6-10/h2-9H,1H3,(H,17,19). The van der Waals surface area contributed by atoms with Crippen LogP contribution >= 0.6 is 0 Å². The molecule has 1 aromatic carbocycles. The van der Waals surface area contributed by atoms with Crippen molar-refractivity contribution >= 4 is 21.6 Å². The van der Waals surface area contributed by atoms with Crippen molar-refractivity contribution in [1.82, 2.24) is 19.3 Å². The lowest BCUT2D eigenvalue weighted by molar-refractivity contribution is 0.0983. The van der Waals surface area contributed by atoms with Crippen LogP contribution in [0.4, 0.5) is 0 Å². The summed E-state index contributed by atoms with van der Waals surface area (Å²) in [6.45, 7) is 0. The van der Waals surface area contributed by atoms with E-state index in [1.54, 1.807) is 12.3 Å². The van der Waals surface area contributed by atoms with Crippen molar-refractivity contribution < 1.29 is 13.2 Å². The Morgan fingerprint density at radius 1 is 1.18 bits per heavy atom. The molecule has 7 nitrogen and oxygen atoms in total. The molecule has 0 saturated heterocycles. The summed E-state index contributed by atoms with van der Waals surface area (Å²) in [5.74, 6) is -0.754. The Labute approximate surface area is 126 Å². The first kappa shape index (κ1) is 14.2. The summed E-state index contributed by atoms with van der Waals surface area (Å²) in [5, 5.41) is 4.14. The molecular weight excluding hydrogens is 304 g/mol. The van der Waals surface area contributed by atoms with E-state index in [-0.39, 0.29) is 5.56 Å². The van der Waals surface area contributed by atoms with Crippen LogP contribution in [0.2, 0.25) is 0 Å². The minimum Gasteiger partial charge on any atom is -0.268 e. The number of hydrogen-bond donors (Lipinski definition) is 1. The molecule has 112 valence electrons. The van der Waals surface area contributed by atoms with Crippen LogP contribution in [0.5, 0.6) is 0 Å². The third-order valence-corrected chi connectivity index (χ3v) is 3.55.